The Labute approximate surface area is 142 Å². The van der Waals surface area contributed by atoms with Gasteiger partial charge in [-0.2, -0.15) is 9.78 Å². The number of hydrogen-bond donors (Lipinski definition) is 1. The van der Waals surface area contributed by atoms with Crippen molar-refractivity contribution < 1.29 is 9.90 Å². The second-order valence-electron chi connectivity index (χ2n) is 4.87. The van der Waals surface area contributed by atoms with Crippen LogP contribution in [0.15, 0.2) is 71.2 Å². The molecule has 0 fully saturated rings. The Kier molecular flexibility index (Phi) is 5.02. The third-order valence-corrected chi connectivity index (χ3v) is 4.23. The summed E-state index contributed by atoms with van der Waals surface area (Å²) in [6.07, 6.45) is 2.99. The first-order chi connectivity index (χ1) is 11.7. The average molecular weight is 338 g/mol. The van der Waals surface area contributed by atoms with E-state index < -0.39 is 5.97 Å². The molecule has 1 N–H and O–H groups in total. The summed E-state index contributed by atoms with van der Waals surface area (Å²) in [5.41, 5.74) is 1.91. The van der Waals surface area contributed by atoms with Crippen LogP contribution in [0.2, 0.25) is 0 Å². The largest absolute Gasteiger partial charge is 0.478 e. The predicted molar refractivity (Wildman–Crippen MR) is 92.4 cm³/mol. The van der Waals surface area contributed by atoms with Gasteiger partial charge in [0, 0.05) is 11.3 Å². The Hall–Kier alpha value is -2.93. The molecule has 0 atom stereocenters. The molecule has 24 heavy (non-hydrogen) atoms. The lowest BCUT2D eigenvalue weighted by atomic mass is 10.1. The molecule has 1 aromatic heterocycles. The molecular weight excluding hydrogens is 324 g/mol. The zero-order valence-electron chi connectivity index (χ0n) is 12.6. The molecule has 0 unspecified atom stereocenters. The van der Waals surface area contributed by atoms with Gasteiger partial charge in [-0.25, -0.2) is 4.79 Å². The van der Waals surface area contributed by atoms with E-state index in [-0.39, 0.29) is 5.56 Å². The van der Waals surface area contributed by atoms with E-state index in [0.29, 0.717) is 10.7 Å². The summed E-state index contributed by atoms with van der Waals surface area (Å²) in [7, 11) is 0. The second-order valence-corrected chi connectivity index (χ2v) is 5.81. The number of nitrogens with zero attached hydrogens (tertiary/aromatic N) is 4. The Morgan fingerprint density at radius 2 is 1.92 bits per heavy atom. The van der Waals surface area contributed by atoms with Gasteiger partial charge < -0.3 is 5.11 Å². The number of aromatic nitrogens is 3. The molecular formula is C17H14N4O2S. The van der Waals surface area contributed by atoms with Crippen LogP contribution in [0.5, 0.6) is 0 Å². The van der Waals surface area contributed by atoms with E-state index >= 15 is 0 Å². The van der Waals surface area contributed by atoms with Gasteiger partial charge in [-0.05, 0) is 11.6 Å². The maximum absolute atomic E-state index is 11.2. The van der Waals surface area contributed by atoms with Crippen molar-refractivity contribution in [3.63, 3.8) is 0 Å². The number of thioether (sulfide) groups is 1. The van der Waals surface area contributed by atoms with Gasteiger partial charge in [-0.1, -0.05) is 60.3 Å². The average Bonchev–Trinajstić information content (AvgIpc) is 3.06. The molecule has 0 amide bonds. The Bertz CT molecular complexity index is 862. The Morgan fingerprint density at radius 1 is 1.17 bits per heavy atom. The lowest BCUT2D eigenvalue weighted by molar-refractivity contribution is 0.0697. The van der Waals surface area contributed by atoms with Gasteiger partial charge in [0.05, 0.1) is 11.8 Å². The molecule has 0 spiro atoms. The van der Waals surface area contributed by atoms with Crippen LogP contribution in [-0.4, -0.2) is 32.2 Å². The molecule has 3 aromatic rings. The maximum Gasteiger partial charge on any atom is 0.336 e. The minimum atomic E-state index is -0.987. The van der Waals surface area contributed by atoms with E-state index in [1.807, 2.05) is 30.3 Å². The van der Waals surface area contributed by atoms with Gasteiger partial charge in [0.25, 0.3) is 0 Å². The highest BCUT2D eigenvalue weighted by Gasteiger charge is 2.08. The van der Waals surface area contributed by atoms with Gasteiger partial charge in [0.1, 0.15) is 6.33 Å². The summed E-state index contributed by atoms with van der Waals surface area (Å²) in [5.74, 6) is -0.236. The fourth-order valence-electron chi connectivity index (χ4n) is 2.04. The van der Waals surface area contributed by atoms with Crippen molar-refractivity contribution in [2.75, 3.05) is 0 Å². The molecule has 7 heteroatoms. The van der Waals surface area contributed by atoms with Crippen LogP contribution in [0.25, 0.3) is 0 Å². The summed E-state index contributed by atoms with van der Waals surface area (Å²) >= 11 is 1.51. The van der Waals surface area contributed by atoms with E-state index in [4.69, 9.17) is 0 Å². The Morgan fingerprint density at radius 3 is 2.71 bits per heavy atom. The smallest absolute Gasteiger partial charge is 0.336 e. The topological polar surface area (TPSA) is 80.4 Å². The standard InChI is InChI=1S/C17H14N4O2S/c22-16(23)15-9-5-4-8-14(15)10-19-21-12-18-20-17(21)24-11-13-6-2-1-3-7-13/h1-10,12H,11H2,(H,22,23). The molecule has 0 saturated heterocycles. The SMILES string of the molecule is O=C(O)c1ccccc1C=Nn1cnnc1SCc1ccccc1. The van der Waals surface area contributed by atoms with Gasteiger partial charge in [0.2, 0.25) is 5.16 Å². The van der Waals surface area contributed by atoms with Crippen LogP contribution in [0, 0.1) is 0 Å². The van der Waals surface area contributed by atoms with Crippen LogP contribution in [-0.2, 0) is 5.75 Å². The van der Waals surface area contributed by atoms with Crippen molar-refractivity contribution in [2.24, 2.45) is 5.10 Å². The number of carboxylic acid groups (broad SMARTS) is 1. The number of rotatable bonds is 6. The molecule has 0 aliphatic carbocycles. The normalized spacial score (nSPS) is 11.0. The van der Waals surface area contributed by atoms with Crippen molar-refractivity contribution in [1.29, 1.82) is 0 Å². The van der Waals surface area contributed by atoms with Crippen LogP contribution in [0.4, 0.5) is 0 Å². The first kappa shape index (κ1) is 15.9. The van der Waals surface area contributed by atoms with E-state index in [2.05, 4.69) is 15.3 Å². The van der Waals surface area contributed by atoms with Gasteiger partial charge >= 0.3 is 5.97 Å². The zero-order chi connectivity index (χ0) is 16.8. The quantitative estimate of drug-likeness (QED) is 0.551. The van der Waals surface area contributed by atoms with Crippen LogP contribution in [0.1, 0.15) is 21.5 Å². The highest BCUT2D eigenvalue weighted by atomic mass is 32.2. The molecule has 0 aliphatic heterocycles. The summed E-state index contributed by atoms with van der Waals surface area (Å²) in [5, 5.41) is 22.0. The molecule has 0 saturated carbocycles. The number of carboxylic acids is 1. The molecule has 0 bridgehead atoms. The minimum Gasteiger partial charge on any atom is -0.478 e. The van der Waals surface area contributed by atoms with Crippen molar-refractivity contribution in [2.45, 2.75) is 10.9 Å². The fraction of sp³-hybridized carbons (Fsp3) is 0.0588. The maximum atomic E-state index is 11.2. The molecule has 0 aliphatic rings. The van der Waals surface area contributed by atoms with Crippen LogP contribution < -0.4 is 0 Å². The number of carbonyl (C=O) groups is 1. The van der Waals surface area contributed by atoms with E-state index in [9.17, 15) is 9.90 Å². The van der Waals surface area contributed by atoms with Crippen molar-refractivity contribution in [1.82, 2.24) is 14.9 Å². The van der Waals surface area contributed by atoms with E-state index in [1.54, 1.807) is 24.3 Å². The molecule has 3 rings (SSSR count). The molecule has 6 nitrogen and oxygen atoms in total. The van der Waals surface area contributed by atoms with Gasteiger partial charge in [-0.3, -0.25) is 0 Å². The Balaban J connectivity index is 1.75. The first-order valence-electron chi connectivity index (χ1n) is 7.17. The molecule has 0 radical (unpaired) electrons. The third-order valence-electron chi connectivity index (χ3n) is 3.22. The summed E-state index contributed by atoms with van der Waals surface area (Å²) in [4.78, 5) is 11.2. The number of benzene rings is 2. The van der Waals surface area contributed by atoms with Crippen LogP contribution in [0.3, 0.4) is 0 Å². The van der Waals surface area contributed by atoms with Crippen molar-refractivity contribution >= 4 is 23.9 Å². The monoisotopic (exact) mass is 338 g/mol. The van der Waals surface area contributed by atoms with Crippen molar-refractivity contribution in [3.05, 3.63) is 77.6 Å². The van der Waals surface area contributed by atoms with E-state index in [0.717, 1.165) is 5.75 Å². The first-order valence-corrected chi connectivity index (χ1v) is 8.16. The molecule has 120 valence electrons. The highest BCUT2D eigenvalue weighted by molar-refractivity contribution is 7.98. The van der Waals surface area contributed by atoms with Gasteiger partial charge in [0.15, 0.2) is 0 Å². The second kappa shape index (κ2) is 7.56. The lowest BCUT2D eigenvalue weighted by Gasteiger charge is -2.02. The van der Waals surface area contributed by atoms with Crippen LogP contribution >= 0.6 is 11.8 Å². The number of hydrogen-bond acceptors (Lipinski definition) is 5. The fourth-order valence-corrected chi connectivity index (χ4v) is 2.86. The minimum absolute atomic E-state index is 0.202. The molecule has 2 aromatic carbocycles. The highest BCUT2D eigenvalue weighted by Crippen LogP contribution is 2.20. The molecule has 1 heterocycles. The lowest BCUT2D eigenvalue weighted by Crippen LogP contribution is -2.02. The third kappa shape index (κ3) is 3.88. The summed E-state index contributed by atoms with van der Waals surface area (Å²) in [6.45, 7) is 0. The van der Waals surface area contributed by atoms with Crippen molar-refractivity contribution in [3.8, 4) is 0 Å². The zero-order valence-corrected chi connectivity index (χ0v) is 13.4. The summed E-state index contributed by atoms with van der Waals surface area (Å²) in [6, 6.07) is 16.7. The number of aromatic carboxylic acids is 1. The van der Waals surface area contributed by atoms with Gasteiger partial charge in [-0.15, -0.1) is 10.2 Å². The van der Waals surface area contributed by atoms with E-state index in [1.165, 1.54) is 34.5 Å². The predicted octanol–water partition coefficient (Wildman–Crippen LogP) is 3.15. The summed E-state index contributed by atoms with van der Waals surface area (Å²) < 4.78 is 1.53.